The highest BCUT2D eigenvalue weighted by Gasteiger charge is 2.08. The van der Waals surface area contributed by atoms with Gasteiger partial charge >= 0.3 is 0 Å². The van der Waals surface area contributed by atoms with Gasteiger partial charge in [-0.15, -0.1) is 11.8 Å². The van der Waals surface area contributed by atoms with Crippen molar-refractivity contribution in [1.82, 2.24) is 4.98 Å². The Morgan fingerprint density at radius 3 is 2.76 bits per heavy atom. The summed E-state index contributed by atoms with van der Waals surface area (Å²) in [5.41, 5.74) is 6.23. The van der Waals surface area contributed by atoms with Crippen LogP contribution in [-0.4, -0.2) is 39.8 Å². The van der Waals surface area contributed by atoms with Crippen LogP contribution in [0.3, 0.4) is 0 Å². The number of anilines is 1. The number of hydrogen-bond acceptors (Lipinski definition) is 6. The number of nitrogens with two attached hydrogens (primary N) is 1. The van der Waals surface area contributed by atoms with Gasteiger partial charge in [-0.05, 0) is 26.0 Å². The average Bonchev–Trinajstić information content (AvgIpc) is 2.29. The second-order valence-corrected chi connectivity index (χ2v) is 4.90. The van der Waals surface area contributed by atoms with Crippen molar-refractivity contribution in [3.8, 4) is 5.88 Å². The van der Waals surface area contributed by atoms with Crippen LogP contribution >= 0.6 is 11.8 Å². The number of nitrogen functional groups attached to an aromatic ring is 1. The molecule has 17 heavy (non-hydrogen) atoms. The summed E-state index contributed by atoms with van der Waals surface area (Å²) >= 11 is 1.35. The Morgan fingerprint density at radius 2 is 2.18 bits per heavy atom. The molecule has 0 aliphatic heterocycles. The largest absolute Gasteiger partial charge is 0.473 e. The van der Waals surface area contributed by atoms with E-state index < -0.39 is 6.10 Å². The molecule has 4 N–H and O–H groups in total. The zero-order valence-corrected chi connectivity index (χ0v) is 10.8. The normalized spacial score (nSPS) is 12.8. The summed E-state index contributed by atoms with van der Waals surface area (Å²) in [5, 5.41) is 18.6. The maximum absolute atomic E-state index is 9.23. The molecule has 0 saturated heterocycles. The minimum Gasteiger partial charge on any atom is -0.473 e. The molecular formula is C11H18N2O3S. The molecule has 0 spiro atoms. The van der Waals surface area contributed by atoms with Gasteiger partial charge in [-0.1, -0.05) is 0 Å². The number of pyridine rings is 1. The van der Waals surface area contributed by atoms with E-state index in [4.69, 9.17) is 15.6 Å². The topological polar surface area (TPSA) is 88.6 Å². The third kappa shape index (κ3) is 4.80. The van der Waals surface area contributed by atoms with Gasteiger partial charge in [-0.3, -0.25) is 0 Å². The van der Waals surface area contributed by atoms with Crippen molar-refractivity contribution in [3.63, 3.8) is 0 Å². The van der Waals surface area contributed by atoms with Crippen LogP contribution < -0.4 is 10.5 Å². The van der Waals surface area contributed by atoms with E-state index in [-0.39, 0.29) is 12.7 Å². The fourth-order valence-corrected chi connectivity index (χ4v) is 1.85. The maximum Gasteiger partial charge on any atom is 0.238 e. The van der Waals surface area contributed by atoms with Gasteiger partial charge in [0.2, 0.25) is 5.88 Å². The number of rotatable bonds is 6. The molecule has 0 bridgehead atoms. The van der Waals surface area contributed by atoms with Crippen molar-refractivity contribution in [2.75, 3.05) is 18.1 Å². The fraction of sp³-hybridized carbons (Fsp3) is 0.545. The Labute approximate surface area is 105 Å². The number of aliphatic hydroxyl groups excluding tert-OH is 2. The maximum atomic E-state index is 9.23. The van der Waals surface area contributed by atoms with Crippen molar-refractivity contribution in [3.05, 3.63) is 12.1 Å². The van der Waals surface area contributed by atoms with Crippen molar-refractivity contribution < 1.29 is 14.9 Å². The minimum atomic E-state index is -0.742. The molecule has 1 unspecified atom stereocenters. The second-order valence-electron chi connectivity index (χ2n) is 3.86. The molecule has 0 aromatic carbocycles. The molecule has 0 fully saturated rings. The molecule has 1 rings (SSSR count). The first-order valence-electron chi connectivity index (χ1n) is 5.37. The van der Waals surface area contributed by atoms with E-state index in [1.807, 2.05) is 13.8 Å². The molecular weight excluding hydrogens is 240 g/mol. The predicted molar refractivity (Wildman–Crippen MR) is 68.2 cm³/mol. The monoisotopic (exact) mass is 258 g/mol. The first-order valence-corrected chi connectivity index (χ1v) is 6.36. The number of nitrogens with zero attached hydrogens (tertiary/aromatic N) is 1. The lowest BCUT2D eigenvalue weighted by atomic mass is 10.4. The van der Waals surface area contributed by atoms with Gasteiger partial charge in [0.15, 0.2) is 0 Å². The predicted octanol–water partition coefficient (Wildman–Crippen LogP) is 0.896. The molecule has 0 saturated carbocycles. The summed E-state index contributed by atoms with van der Waals surface area (Å²) < 4.78 is 5.46. The van der Waals surface area contributed by atoms with Crippen LogP contribution in [0.1, 0.15) is 13.8 Å². The second kappa shape index (κ2) is 6.68. The summed E-state index contributed by atoms with van der Waals surface area (Å²) in [7, 11) is 0. The summed E-state index contributed by atoms with van der Waals surface area (Å²) in [4.78, 5) is 4.24. The van der Waals surface area contributed by atoms with Crippen LogP contribution in [0.15, 0.2) is 17.2 Å². The van der Waals surface area contributed by atoms with E-state index in [1.165, 1.54) is 11.8 Å². The van der Waals surface area contributed by atoms with Gasteiger partial charge in [0.25, 0.3) is 0 Å². The number of aliphatic hydroxyl groups is 2. The van der Waals surface area contributed by atoms with Gasteiger partial charge in [0.1, 0.15) is 5.03 Å². The van der Waals surface area contributed by atoms with Crippen LogP contribution in [0.25, 0.3) is 0 Å². The van der Waals surface area contributed by atoms with E-state index in [1.54, 1.807) is 12.1 Å². The van der Waals surface area contributed by atoms with Gasteiger partial charge in [-0.2, -0.15) is 0 Å². The standard InChI is InChI=1S/C11H18N2O3S/c1-7(2)16-11-9(12)3-4-10(13-11)17-6-8(15)5-14/h3-4,7-8,14-15H,5-6,12H2,1-2H3. The fourth-order valence-electron chi connectivity index (χ4n) is 1.07. The molecule has 1 aromatic rings. The molecule has 0 aliphatic rings. The third-order valence-electron chi connectivity index (χ3n) is 1.85. The highest BCUT2D eigenvalue weighted by atomic mass is 32.2. The van der Waals surface area contributed by atoms with Crippen molar-refractivity contribution in [1.29, 1.82) is 0 Å². The number of aromatic nitrogens is 1. The van der Waals surface area contributed by atoms with Crippen LogP contribution in [0.4, 0.5) is 5.69 Å². The first-order chi connectivity index (χ1) is 8.02. The Bertz CT molecular complexity index is 361. The molecule has 1 aromatic heterocycles. The van der Waals surface area contributed by atoms with Crippen molar-refractivity contribution in [2.24, 2.45) is 0 Å². The van der Waals surface area contributed by atoms with E-state index in [9.17, 15) is 5.11 Å². The minimum absolute atomic E-state index is 0.00748. The smallest absolute Gasteiger partial charge is 0.238 e. The third-order valence-corrected chi connectivity index (χ3v) is 2.92. The molecule has 0 amide bonds. The van der Waals surface area contributed by atoms with Crippen LogP contribution in [0.2, 0.25) is 0 Å². The SMILES string of the molecule is CC(C)Oc1nc(SCC(O)CO)ccc1N. The zero-order chi connectivity index (χ0) is 12.8. The summed E-state index contributed by atoms with van der Waals surface area (Å²) in [6, 6.07) is 3.48. The Kier molecular flexibility index (Phi) is 5.54. The number of hydrogen-bond donors (Lipinski definition) is 3. The number of ether oxygens (including phenoxy) is 1. The van der Waals surface area contributed by atoms with Crippen LogP contribution in [-0.2, 0) is 0 Å². The van der Waals surface area contributed by atoms with E-state index >= 15 is 0 Å². The van der Waals surface area contributed by atoms with Crippen molar-refractivity contribution >= 4 is 17.4 Å². The van der Waals surface area contributed by atoms with Gasteiger partial charge in [0, 0.05) is 5.75 Å². The van der Waals surface area contributed by atoms with Gasteiger partial charge < -0.3 is 20.7 Å². The summed E-state index contributed by atoms with van der Waals surface area (Å²) in [6.45, 7) is 3.55. The average molecular weight is 258 g/mol. The molecule has 0 aliphatic carbocycles. The summed E-state index contributed by atoms with van der Waals surface area (Å²) in [5.74, 6) is 0.789. The van der Waals surface area contributed by atoms with Crippen molar-refractivity contribution in [2.45, 2.75) is 31.1 Å². The van der Waals surface area contributed by atoms with E-state index in [0.29, 0.717) is 22.3 Å². The van der Waals surface area contributed by atoms with Gasteiger partial charge in [-0.25, -0.2) is 4.98 Å². The number of thioether (sulfide) groups is 1. The van der Waals surface area contributed by atoms with Crippen LogP contribution in [0, 0.1) is 0 Å². The van der Waals surface area contributed by atoms with Crippen LogP contribution in [0.5, 0.6) is 5.88 Å². The Morgan fingerprint density at radius 1 is 1.47 bits per heavy atom. The molecule has 96 valence electrons. The van der Waals surface area contributed by atoms with E-state index in [0.717, 1.165) is 0 Å². The van der Waals surface area contributed by atoms with E-state index in [2.05, 4.69) is 4.98 Å². The molecule has 1 heterocycles. The highest BCUT2D eigenvalue weighted by molar-refractivity contribution is 7.99. The highest BCUT2D eigenvalue weighted by Crippen LogP contribution is 2.25. The van der Waals surface area contributed by atoms with Gasteiger partial charge in [0.05, 0.1) is 24.5 Å². The zero-order valence-electron chi connectivity index (χ0n) is 9.96. The molecule has 5 nitrogen and oxygen atoms in total. The molecule has 6 heteroatoms. The lowest BCUT2D eigenvalue weighted by Gasteiger charge is -2.12. The lowest BCUT2D eigenvalue weighted by molar-refractivity contribution is 0.113. The molecule has 0 radical (unpaired) electrons. The first kappa shape index (κ1) is 14.1. The Balaban J connectivity index is 2.67. The summed E-state index contributed by atoms with van der Waals surface area (Å²) in [6.07, 6.45) is -0.734. The quantitative estimate of drug-likeness (QED) is 0.657. The molecule has 1 atom stereocenters. The Hall–Kier alpha value is -0.980. The lowest BCUT2D eigenvalue weighted by Crippen LogP contribution is -2.15.